The van der Waals surface area contributed by atoms with E-state index in [1.807, 2.05) is 0 Å². The third-order valence-corrected chi connectivity index (χ3v) is 1.41. The van der Waals surface area contributed by atoms with E-state index in [0.29, 0.717) is 0 Å². The molecular formula is C8H5FN2O2. The third-order valence-electron chi connectivity index (χ3n) is 1.41. The zero-order chi connectivity index (χ0) is 9.84. The van der Waals surface area contributed by atoms with E-state index in [2.05, 4.69) is 9.72 Å². The smallest absolute Gasteiger partial charge is 0.343 e. The molecule has 0 amide bonds. The Morgan fingerprint density at radius 2 is 2.46 bits per heavy atom. The van der Waals surface area contributed by atoms with Crippen LogP contribution in [0.3, 0.4) is 0 Å². The fourth-order valence-electron chi connectivity index (χ4n) is 0.826. The molecule has 0 bridgehead atoms. The van der Waals surface area contributed by atoms with Gasteiger partial charge in [-0.15, -0.1) is 0 Å². The van der Waals surface area contributed by atoms with E-state index in [-0.39, 0.29) is 5.56 Å². The average molecular weight is 180 g/mol. The van der Waals surface area contributed by atoms with Crippen molar-refractivity contribution in [2.75, 3.05) is 7.11 Å². The number of aromatic nitrogens is 1. The van der Waals surface area contributed by atoms with Crippen LogP contribution in [0.5, 0.6) is 0 Å². The molecule has 0 spiro atoms. The predicted octanol–water partition coefficient (Wildman–Crippen LogP) is 0.879. The van der Waals surface area contributed by atoms with E-state index in [1.54, 1.807) is 6.07 Å². The van der Waals surface area contributed by atoms with Gasteiger partial charge in [0.1, 0.15) is 11.6 Å². The van der Waals surface area contributed by atoms with Gasteiger partial charge in [-0.05, 0) is 6.07 Å². The average Bonchev–Trinajstić information content (AvgIpc) is 2.16. The lowest BCUT2D eigenvalue weighted by Crippen LogP contribution is -2.08. The fourth-order valence-corrected chi connectivity index (χ4v) is 0.826. The van der Waals surface area contributed by atoms with Crippen LogP contribution in [0.2, 0.25) is 0 Å². The Hall–Kier alpha value is -1.96. The first-order valence-electron chi connectivity index (χ1n) is 3.33. The molecule has 0 saturated carbocycles. The number of carbonyl (C=O) groups is 1. The van der Waals surface area contributed by atoms with Crippen molar-refractivity contribution >= 4 is 5.97 Å². The maximum Gasteiger partial charge on any atom is 0.343 e. The highest BCUT2D eigenvalue weighted by Crippen LogP contribution is 2.10. The van der Waals surface area contributed by atoms with Gasteiger partial charge in [0.25, 0.3) is 0 Å². The molecule has 0 atom stereocenters. The molecule has 0 N–H and O–H groups in total. The number of rotatable bonds is 1. The van der Waals surface area contributed by atoms with Crippen LogP contribution in [0, 0.1) is 17.3 Å². The molecule has 1 aromatic rings. The van der Waals surface area contributed by atoms with Crippen LogP contribution in [0.1, 0.15) is 15.9 Å². The summed E-state index contributed by atoms with van der Waals surface area (Å²) < 4.78 is 17.2. The first-order chi connectivity index (χ1) is 6.20. The summed E-state index contributed by atoms with van der Waals surface area (Å²) in [7, 11) is 1.11. The summed E-state index contributed by atoms with van der Waals surface area (Å²) in [5, 5.41) is 8.54. The number of pyridine rings is 1. The highest BCUT2D eigenvalue weighted by molar-refractivity contribution is 5.91. The van der Waals surface area contributed by atoms with Gasteiger partial charge in [-0.2, -0.15) is 9.65 Å². The van der Waals surface area contributed by atoms with E-state index >= 15 is 0 Å². The number of hydrogen-bond acceptors (Lipinski definition) is 4. The topological polar surface area (TPSA) is 63.0 Å². The van der Waals surface area contributed by atoms with Gasteiger partial charge >= 0.3 is 5.97 Å². The standard InChI is InChI=1S/C8H5FN2O2/c1-13-8(12)6-5(4-10)2-3-11-7(6)9/h2-3H,1H3. The molecule has 1 rings (SSSR count). The largest absolute Gasteiger partial charge is 0.465 e. The molecule has 1 aromatic heterocycles. The summed E-state index contributed by atoms with van der Waals surface area (Å²) in [6, 6.07) is 2.92. The summed E-state index contributed by atoms with van der Waals surface area (Å²) >= 11 is 0. The Labute approximate surface area is 73.6 Å². The second-order valence-corrected chi connectivity index (χ2v) is 2.13. The molecule has 4 nitrogen and oxygen atoms in total. The van der Waals surface area contributed by atoms with Crippen LogP contribution in [0.4, 0.5) is 4.39 Å². The number of hydrogen-bond donors (Lipinski definition) is 0. The minimum atomic E-state index is -0.995. The van der Waals surface area contributed by atoms with Gasteiger partial charge in [0.15, 0.2) is 0 Å². The molecule has 0 aromatic carbocycles. The van der Waals surface area contributed by atoms with Crippen LogP contribution in [0.15, 0.2) is 12.3 Å². The van der Waals surface area contributed by atoms with Crippen molar-refractivity contribution < 1.29 is 13.9 Å². The molecule has 0 aliphatic heterocycles. The van der Waals surface area contributed by atoms with Gasteiger partial charge in [0.2, 0.25) is 5.95 Å². The van der Waals surface area contributed by atoms with Gasteiger partial charge in [-0.3, -0.25) is 0 Å². The van der Waals surface area contributed by atoms with E-state index in [1.165, 1.54) is 6.07 Å². The van der Waals surface area contributed by atoms with Gasteiger partial charge in [0, 0.05) is 6.20 Å². The van der Waals surface area contributed by atoms with Crippen LogP contribution in [-0.2, 0) is 4.74 Å². The van der Waals surface area contributed by atoms with Crippen LogP contribution >= 0.6 is 0 Å². The number of nitrogens with zero attached hydrogens (tertiary/aromatic N) is 2. The normalized spacial score (nSPS) is 9.00. The second kappa shape index (κ2) is 3.63. The number of methoxy groups -OCH3 is 1. The Morgan fingerprint density at radius 1 is 1.77 bits per heavy atom. The van der Waals surface area contributed by atoms with Crippen LogP contribution in [0.25, 0.3) is 0 Å². The van der Waals surface area contributed by atoms with Crippen molar-refractivity contribution in [2.45, 2.75) is 0 Å². The molecule has 0 fully saturated rings. The zero-order valence-corrected chi connectivity index (χ0v) is 6.74. The lowest BCUT2D eigenvalue weighted by Gasteiger charge is -2.00. The maximum atomic E-state index is 12.9. The van der Waals surface area contributed by atoms with Crippen molar-refractivity contribution in [2.24, 2.45) is 0 Å². The second-order valence-electron chi connectivity index (χ2n) is 2.13. The highest BCUT2D eigenvalue weighted by Gasteiger charge is 2.17. The summed E-state index contributed by atoms with van der Waals surface area (Å²) in [4.78, 5) is 14.2. The van der Waals surface area contributed by atoms with Gasteiger partial charge in [-0.25, -0.2) is 9.78 Å². The number of nitriles is 1. The fraction of sp³-hybridized carbons (Fsp3) is 0.125. The van der Waals surface area contributed by atoms with E-state index < -0.39 is 17.5 Å². The van der Waals surface area contributed by atoms with Crippen molar-refractivity contribution in [1.82, 2.24) is 4.98 Å². The van der Waals surface area contributed by atoms with Crippen LogP contribution < -0.4 is 0 Å². The maximum absolute atomic E-state index is 12.9. The minimum absolute atomic E-state index is 0.0839. The third kappa shape index (κ3) is 1.62. The quantitative estimate of drug-likeness (QED) is 0.475. The van der Waals surface area contributed by atoms with Crippen molar-refractivity contribution in [3.8, 4) is 6.07 Å². The molecule has 5 heteroatoms. The van der Waals surface area contributed by atoms with Gasteiger partial charge < -0.3 is 4.74 Å². The Kier molecular flexibility index (Phi) is 2.55. The molecule has 0 radical (unpaired) electrons. The highest BCUT2D eigenvalue weighted by atomic mass is 19.1. The Balaban J connectivity index is 3.33. The Bertz CT molecular complexity index is 384. The summed E-state index contributed by atoms with van der Waals surface area (Å²) in [5.41, 5.74) is -0.508. The molecule has 0 saturated heterocycles. The number of ether oxygens (including phenoxy) is 1. The number of esters is 1. The lowest BCUT2D eigenvalue weighted by molar-refractivity contribution is 0.0594. The predicted molar refractivity (Wildman–Crippen MR) is 40.2 cm³/mol. The first-order valence-corrected chi connectivity index (χ1v) is 3.33. The van der Waals surface area contributed by atoms with E-state index in [4.69, 9.17) is 5.26 Å². The molecule has 0 aliphatic carbocycles. The Morgan fingerprint density at radius 3 is 3.00 bits per heavy atom. The molecule has 1 heterocycles. The SMILES string of the molecule is COC(=O)c1c(C#N)ccnc1F. The summed E-state index contributed by atoms with van der Waals surface area (Å²) in [6.45, 7) is 0. The van der Waals surface area contributed by atoms with Crippen molar-refractivity contribution in [3.05, 3.63) is 29.3 Å². The molecule has 13 heavy (non-hydrogen) atoms. The molecular weight excluding hydrogens is 175 g/mol. The zero-order valence-electron chi connectivity index (χ0n) is 6.74. The van der Waals surface area contributed by atoms with Crippen molar-refractivity contribution in [3.63, 3.8) is 0 Å². The minimum Gasteiger partial charge on any atom is -0.465 e. The first kappa shape index (κ1) is 9.13. The van der Waals surface area contributed by atoms with E-state index in [9.17, 15) is 9.18 Å². The molecule has 0 unspecified atom stereocenters. The number of carbonyl (C=O) groups excluding carboxylic acids is 1. The monoisotopic (exact) mass is 180 g/mol. The van der Waals surface area contributed by atoms with E-state index in [0.717, 1.165) is 13.3 Å². The van der Waals surface area contributed by atoms with Gasteiger partial charge in [0.05, 0.1) is 12.7 Å². The molecule has 66 valence electrons. The summed E-state index contributed by atoms with van der Waals surface area (Å²) in [6.07, 6.45) is 1.11. The number of halogens is 1. The van der Waals surface area contributed by atoms with Crippen LogP contribution in [-0.4, -0.2) is 18.1 Å². The summed E-state index contributed by atoms with van der Waals surface area (Å²) in [5.74, 6) is -1.90. The molecule has 0 aliphatic rings. The van der Waals surface area contributed by atoms with Crippen molar-refractivity contribution in [1.29, 1.82) is 5.26 Å². The van der Waals surface area contributed by atoms with Gasteiger partial charge in [-0.1, -0.05) is 0 Å². The lowest BCUT2D eigenvalue weighted by atomic mass is 10.1.